The van der Waals surface area contributed by atoms with Crippen molar-refractivity contribution in [1.82, 2.24) is 4.31 Å². The van der Waals surface area contributed by atoms with E-state index in [1.165, 1.54) is 12.1 Å². The molecule has 1 amide bonds. The maximum absolute atomic E-state index is 12.6. The van der Waals surface area contributed by atoms with Crippen molar-refractivity contribution in [3.63, 3.8) is 0 Å². The largest absolute Gasteiger partial charge is 0.368 e. The zero-order chi connectivity index (χ0) is 15.1. The first kappa shape index (κ1) is 16.0. The highest BCUT2D eigenvalue weighted by Gasteiger charge is 2.40. The SMILES string of the molecule is NC(=O)C1CCCN1S(=O)(=O)c1c(Cl)cc(Br)cc1Cl. The quantitative estimate of drug-likeness (QED) is 0.844. The van der Waals surface area contributed by atoms with Gasteiger partial charge in [-0.05, 0) is 25.0 Å². The summed E-state index contributed by atoms with van der Waals surface area (Å²) in [5.74, 6) is -0.671. The van der Waals surface area contributed by atoms with E-state index in [0.717, 1.165) is 4.31 Å². The zero-order valence-corrected chi connectivity index (χ0v) is 14.1. The topological polar surface area (TPSA) is 80.5 Å². The predicted molar refractivity (Wildman–Crippen MR) is 80.3 cm³/mol. The summed E-state index contributed by atoms with van der Waals surface area (Å²) in [6, 6.07) is 2.03. The van der Waals surface area contributed by atoms with Crippen LogP contribution >= 0.6 is 39.1 Å². The summed E-state index contributed by atoms with van der Waals surface area (Å²) in [4.78, 5) is 11.2. The van der Waals surface area contributed by atoms with Crippen LogP contribution in [0.5, 0.6) is 0 Å². The molecule has 5 nitrogen and oxygen atoms in total. The van der Waals surface area contributed by atoms with Crippen LogP contribution < -0.4 is 5.73 Å². The van der Waals surface area contributed by atoms with E-state index in [9.17, 15) is 13.2 Å². The van der Waals surface area contributed by atoms with E-state index in [1.54, 1.807) is 0 Å². The van der Waals surface area contributed by atoms with Gasteiger partial charge in [0.25, 0.3) is 0 Å². The van der Waals surface area contributed by atoms with Gasteiger partial charge in [0.2, 0.25) is 15.9 Å². The molecule has 1 aromatic rings. The number of primary amides is 1. The molecule has 1 atom stereocenters. The molecule has 1 aliphatic rings. The van der Waals surface area contributed by atoms with E-state index in [2.05, 4.69) is 15.9 Å². The van der Waals surface area contributed by atoms with Crippen LogP contribution in [-0.4, -0.2) is 31.2 Å². The Morgan fingerprint density at radius 3 is 2.40 bits per heavy atom. The molecule has 0 spiro atoms. The average Bonchev–Trinajstić information content (AvgIpc) is 2.75. The van der Waals surface area contributed by atoms with Crippen molar-refractivity contribution >= 4 is 55.1 Å². The highest BCUT2D eigenvalue weighted by molar-refractivity contribution is 9.10. The summed E-state index contributed by atoms with van der Waals surface area (Å²) in [5, 5.41) is -0.000934. The normalized spacial score (nSPS) is 20.2. The highest BCUT2D eigenvalue weighted by atomic mass is 79.9. The summed E-state index contributed by atoms with van der Waals surface area (Å²) in [6.07, 6.45) is 0.971. The van der Waals surface area contributed by atoms with Crippen LogP contribution in [0.15, 0.2) is 21.5 Å². The molecule has 0 radical (unpaired) electrons. The molecule has 20 heavy (non-hydrogen) atoms. The lowest BCUT2D eigenvalue weighted by Crippen LogP contribution is -2.43. The third-order valence-corrected chi connectivity index (χ3v) is 6.35. The zero-order valence-electron chi connectivity index (χ0n) is 10.1. The molecule has 1 aromatic carbocycles. The summed E-state index contributed by atoms with van der Waals surface area (Å²) < 4.78 is 26.9. The molecule has 1 saturated heterocycles. The van der Waals surface area contributed by atoms with Gasteiger partial charge in [0.1, 0.15) is 10.9 Å². The molecule has 0 bridgehead atoms. The second kappa shape index (κ2) is 5.81. The summed E-state index contributed by atoms with van der Waals surface area (Å²) >= 11 is 15.2. The van der Waals surface area contributed by atoms with Gasteiger partial charge in [0.05, 0.1) is 10.0 Å². The number of halogens is 3. The van der Waals surface area contributed by atoms with E-state index in [1.807, 2.05) is 0 Å². The first-order valence-electron chi connectivity index (χ1n) is 5.71. The van der Waals surface area contributed by atoms with Crippen LogP contribution in [0.2, 0.25) is 10.0 Å². The average molecular weight is 402 g/mol. The number of hydrogen-bond donors (Lipinski definition) is 1. The smallest absolute Gasteiger partial charge is 0.246 e. The van der Waals surface area contributed by atoms with Crippen LogP contribution in [-0.2, 0) is 14.8 Å². The van der Waals surface area contributed by atoms with Crippen molar-refractivity contribution in [3.8, 4) is 0 Å². The van der Waals surface area contributed by atoms with Gasteiger partial charge in [-0.1, -0.05) is 39.1 Å². The number of nitrogens with zero attached hydrogens (tertiary/aromatic N) is 1. The third-order valence-electron chi connectivity index (χ3n) is 3.06. The number of hydrogen-bond acceptors (Lipinski definition) is 3. The van der Waals surface area contributed by atoms with Crippen molar-refractivity contribution in [2.45, 2.75) is 23.8 Å². The van der Waals surface area contributed by atoms with Gasteiger partial charge in [-0.15, -0.1) is 0 Å². The molecule has 2 rings (SSSR count). The van der Waals surface area contributed by atoms with Gasteiger partial charge in [-0.3, -0.25) is 4.79 Å². The molecular formula is C11H11BrCl2N2O3S. The van der Waals surface area contributed by atoms with E-state index >= 15 is 0 Å². The highest BCUT2D eigenvalue weighted by Crippen LogP contribution is 2.36. The van der Waals surface area contributed by atoms with Crippen molar-refractivity contribution in [3.05, 3.63) is 26.7 Å². The van der Waals surface area contributed by atoms with Crippen molar-refractivity contribution in [2.24, 2.45) is 5.73 Å². The minimum Gasteiger partial charge on any atom is -0.368 e. The van der Waals surface area contributed by atoms with E-state index < -0.39 is 22.0 Å². The fraction of sp³-hybridized carbons (Fsp3) is 0.364. The Morgan fingerprint density at radius 2 is 1.90 bits per heavy atom. The molecule has 1 aliphatic heterocycles. The Bertz CT molecular complexity index is 643. The van der Waals surface area contributed by atoms with Crippen LogP contribution in [0.3, 0.4) is 0 Å². The van der Waals surface area contributed by atoms with Gasteiger partial charge >= 0.3 is 0 Å². The van der Waals surface area contributed by atoms with Gasteiger partial charge < -0.3 is 5.73 Å². The molecule has 110 valence electrons. The molecule has 1 unspecified atom stereocenters. The van der Waals surface area contributed by atoms with Crippen molar-refractivity contribution < 1.29 is 13.2 Å². The molecule has 1 heterocycles. The standard InChI is InChI=1S/C11H11BrCl2N2O3S/c12-6-4-7(13)10(8(14)5-6)20(18,19)16-3-1-2-9(16)11(15)17/h4-5,9H,1-3H2,(H2,15,17). The molecule has 0 aromatic heterocycles. The monoisotopic (exact) mass is 400 g/mol. The first-order chi connectivity index (χ1) is 9.25. The fourth-order valence-corrected chi connectivity index (χ4v) is 5.76. The third kappa shape index (κ3) is 2.82. The summed E-state index contributed by atoms with van der Waals surface area (Å²) in [7, 11) is -3.96. The number of rotatable bonds is 3. The number of sulfonamides is 1. The molecule has 1 fully saturated rings. The maximum Gasteiger partial charge on any atom is 0.246 e. The van der Waals surface area contributed by atoms with Gasteiger partial charge in [-0.2, -0.15) is 4.31 Å². The second-order valence-electron chi connectivity index (χ2n) is 4.37. The molecule has 0 saturated carbocycles. The fourth-order valence-electron chi connectivity index (χ4n) is 2.20. The Hall–Kier alpha value is -0.340. The number of amides is 1. The van der Waals surface area contributed by atoms with Crippen molar-refractivity contribution in [2.75, 3.05) is 6.54 Å². The first-order valence-corrected chi connectivity index (χ1v) is 8.69. The van der Waals surface area contributed by atoms with Crippen LogP contribution in [0.4, 0.5) is 0 Å². The predicted octanol–water partition coefficient (Wildman–Crippen LogP) is 2.39. The minimum atomic E-state index is -3.96. The number of nitrogens with two attached hydrogens (primary N) is 1. The second-order valence-corrected chi connectivity index (χ2v) is 7.93. The van der Waals surface area contributed by atoms with Gasteiger partial charge in [-0.25, -0.2) is 8.42 Å². The maximum atomic E-state index is 12.6. The lowest BCUT2D eigenvalue weighted by molar-refractivity contribution is -0.121. The number of carbonyl (C=O) groups excluding carboxylic acids is 1. The van der Waals surface area contributed by atoms with Gasteiger partial charge in [0, 0.05) is 11.0 Å². The Labute approximate surface area is 135 Å². The van der Waals surface area contributed by atoms with Crippen LogP contribution in [0.25, 0.3) is 0 Å². The van der Waals surface area contributed by atoms with Crippen molar-refractivity contribution in [1.29, 1.82) is 0 Å². The Balaban J connectivity index is 2.54. The van der Waals surface area contributed by atoms with Gasteiger partial charge in [0.15, 0.2) is 0 Å². The molecule has 9 heteroatoms. The summed E-state index contributed by atoms with van der Waals surface area (Å²) in [6.45, 7) is 0.221. The molecular weight excluding hydrogens is 391 g/mol. The lowest BCUT2D eigenvalue weighted by atomic mass is 10.2. The van der Waals surface area contributed by atoms with E-state index in [-0.39, 0.29) is 21.5 Å². The number of carbonyl (C=O) groups is 1. The minimum absolute atomic E-state index is 0.000467. The van der Waals surface area contributed by atoms with E-state index in [4.69, 9.17) is 28.9 Å². The Kier molecular flexibility index (Phi) is 4.66. The molecule has 0 aliphatic carbocycles. The van der Waals surface area contributed by atoms with Crippen LogP contribution in [0.1, 0.15) is 12.8 Å². The summed E-state index contributed by atoms with van der Waals surface area (Å²) in [5.41, 5.74) is 5.24. The molecule has 2 N–H and O–H groups in total. The Morgan fingerprint density at radius 1 is 1.35 bits per heavy atom. The van der Waals surface area contributed by atoms with E-state index in [0.29, 0.717) is 17.3 Å². The van der Waals surface area contributed by atoms with Crippen LogP contribution in [0, 0.1) is 0 Å². The lowest BCUT2D eigenvalue weighted by Gasteiger charge is -2.22. The number of benzene rings is 1.